The number of carbonyl (C=O) groups is 1. The van der Waals surface area contributed by atoms with E-state index in [1.165, 1.54) is 12.1 Å². The Morgan fingerprint density at radius 3 is 2.39 bits per heavy atom. The Hall–Kier alpha value is -2.83. The molecular formula is C15H17F3N4O5S. The third-order valence-electron chi connectivity index (χ3n) is 2.87. The number of anilines is 1. The molecule has 13 heteroatoms. The normalized spacial score (nSPS) is 12.5. The summed E-state index contributed by atoms with van der Waals surface area (Å²) >= 11 is 0. The van der Waals surface area contributed by atoms with Crippen LogP contribution in [-0.2, 0) is 14.9 Å². The second-order valence-electron chi connectivity index (χ2n) is 6.53. The standard InChI is InChI=1S/C15H17F3N4O5S/c1-9-6-5-7-11(19-9)22-12(27-28(24,25)15(16,17)18)8-10(21-22)20-13(23)26-14(2,3)4/h5-8H,1-4H3,(H,20,21,23). The van der Waals surface area contributed by atoms with Crippen LogP contribution in [0.25, 0.3) is 5.82 Å². The van der Waals surface area contributed by atoms with Crippen LogP contribution in [0.15, 0.2) is 24.3 Å². The maximum Gasteiger partial charge on any atom is 0.534 e. The molecule has 9 nitrogen and oxygen atoms in total. The van der Waals surface area contributed by atoms with Crippen molar-refractivity contribution in [1.82, 2.24) is 14.8 Å². The van der Waals surface area contributed by atoms with Gasteiger partial charge in [-0.2, -0.15) is 26.3 Å². The monoisotopic (exact) mass is 422 g/mol. The second-order valence-corrected chi connectivity index (χ2v) is 8.06. The summed E-state index contributed by atoms with van der Waals surface area (Å²) in [6.45, 7) is 6.42. The number of aromatic nitrogens is 3. The molecule has 0 fully saturated rings. The molecule has 0 saturated heterocycles. The van der Waals surface area contributed by atoms with E-state index in [4.69, 9.17) is 4.74 Å². The highest BCUT2D eigenvalue weighted by Gasteiger charge is 2.49. The summed E-state index contributed by atoms with van der Waals surface area (Å²) in [6.07, 6.45) is -0.945. The van der Waals surface area contributed by atoms with Gasteiger partial charge in [-0.1, -0.05) is 6.07 Å². The Morgan fingerprint density at radius 2 is 1.86 bits per heavy atom. The van der Waals surface area contributed by atoms with Crippen LogP contribution in [0.2, 0.25) is 0 Å². The molecule has 0 spiro atoms. The summed E-state index contributed by atoms with van der Waals surface area (Å²) in [7, 11) is -5.97. The van der Waals surface area contributed by atoms with Crippen molar-refractivity contribution < 1.29 is 35.3 Å². The fourth-order valence-corrected chi connectivity index (χ4v) is 2.30. The smallest absolute Gasteiger partial charge is 0.444 e. The van der Waals surface area contributed by atoms with Crippen LogP contribution in [0.5, 0.6) is 5.88 Å². The van der Waals surface area contributed by atoms with E-state index in [2.05, 4.69) is 19.6 Å². The van der Waals surface area contributed by atoms with E-state index in [0.29, 0.717) is 10.4 Å². The second kappa shape index (κ2) is 7.30. The number of alkyl halides is 3. The number of hydrogen-bond acceptors (Lipinski definition) is 7. The first-order valence-corrected chi connectivity index (χ1v) is 9.14. The maximum atomic E-state index is 12.7. The molecule has 154 valence electrons. The van der Waals surface area contributed by atoms with Gasteiger partial charge in [-0.15, -0.1) is 5.10 Å². The molecule has 0 unspecified atom stereocenters. The lowest BCUT2D eigenvalue weighted by Crippen LogP contribution is -2.28. The highest BCUT2D eigenvalue weighted by molar-refractivity contribution is 7.87. The van der Waals surface area contributed by atoms with Crippen molar-refractivity contribution in [3.8, 4) is 11.7 Å². The fraction of sp³-hybridized carbons (Fsp3) is 0.400. The number of ether oxygens (including phenoxy) is 1. The van der Waals surface area contributed by atoms with Gasteiger partial charge in [0.2, 0.25) is 5.88 Å². The molecule has 0 aliphatic heterocycles. The van der Waals surface area contributed by atoms with Gasteiger partial charge in [-0.05, 0) is 39.8 Å². The van der Waals surface area contributed by atoms with Crippen LogP contribution in [0.4, 0.5) is 23.8 Å². The lowest BCUT2D eigenvalue weighted by Gasteiger charge is -2.18. The van der Waals surface area contributed by atoms with E-state index in [1.807, 2.05) is 0 Å². The third-order valence-corrected chi connectivity index (χ3v) is 3.83. The largest absolute Gasteiger partial charge is 0.534 e. The van der Waals surface area contributed by atoms with E-state index in [-0.39, 0.29) is 11.6 Å². The number of hydrogen-bond donors (Lipinski definition) is 1. The number of pyridine rings is 1. The van der Waals surface area contributed by atoms with Crippen LogP contribution in [0.3, 0.4) is 0 Å². The molecule has 0 aliphatic rings. The lowest BCUT2D eigenvalue weighted by atomic mass is 10.2. The molecule has 0 saturated carbocycles. The Labute approximate surface area is 158 Å². The summed E-state index contributed by atoms with van der Waals surface area (Å²) in [6, 6.07) is 5.31. The van der Waals surface area contributed by atoms with E-state index >= 15 is 0 Å². The predicted octanol–water partition coefficient (Wildman–Crippen LogP) is 3.15. The third kappa shape index (κ3) is 5.34. The quantitative estimate of drug-likeness (QED) is 0.595. The van der Waals surface area contributed by atoms with Gasteiger partial charge in [0.1, 0.15) is 5.60 Å². The summed E-state index contributed by atoms with van der Waals surface area (Å²) < 4.78 is 70.7. The highest BCUT2D eigenvalue weighted by Crippen LogP contribution is 2.29. The van der Waals surface area contributed by atoms with E-state index in [0.717, 1.165) is 6.07 Å². The molecule has 2 aromatic heterocycles. The van der Waals surface area contributed by atoms with E-state index in [9.17, 15) is 26.4 Å². The topological polar surface area (TPSA) is 112 Å². The average molecular weight is 422 g/mol. The highest BCUT2D eigenvalue weighted by atomic mass is 32.2. The Kier molecular flexibility index (Phi) is 5.59. The molecule has 2 aromatic rings. The van der Waals surface area contributed by atoms with Gasteiger partial charge in [0.15, 0.2) is 11.6 Å². The van der Waals surface area contributed by atoms with Gasteiger partial charge in [-0.3, -0.25) is 5.32 Å². The van der Waals surface area contributed by atoms with Crippen molar-refractivity contribution in [2.45, 2.75) is 38.8 Å². The summed E-state index contributed by atoms with van der Waals surface area (Å²) in [5.74, 6) is -1.14. The van der Waals surface area contributed by atoms with Crippen molar-refractivity contribution in [1.29, 1.82) is 0 Å². The molecule has 28 heavy (non-hydrogen) atoms. The van der Waals surface area contributed by atoms with Gasteiger partial charge in [0.25, 0.3) is 0 Å². The molecule has 0 aromatic carbocycles. The number of rotatable bonds is 4. The van der Waals surface area contributed by atoms with Crippen molar-refractivity contribution in [3.05, 3.63) is 30.0 Å². The molecule has 0 atom stereocenters. The molecule has 2 rings (SSSR count). The van der Waals surface area contributed by atoms with Crippen molar-refractivity contribution >= 4 is 22.0 Å². The van der Waals surface area contributed by atoms with Gasteiger partial charge < -0.3 is 8.92 Å². The molecule has 1 N–H and O–H groups in total. The number of carbonyl (C=O) groups excluding carboxylic acids is 1. The van der Waals surface area contributed by atoms with Crippen LogP contribution >= 0.6 is 0 Å². The van der Waals surface area contributed by atoms with Crippen molar-refractivity contribution in [2.75, 3.05) is 5.32 Å². The lowest BCUT2D eigenvalue weighted by molar-refractivity contribution is -0.0502. The van der Waals surface area contributed by atoms with Crippen molar-refractivity contribution in [3.63, 3.8) is 0 Å². The van der Waals surface area contributed by atoms with Crippen LogP contribution in [-0.4, -0.2) is 40.4 Å². The van der Waals surface area contributed by atoms with Gasteiger partial charge >= 0.3 is 21.7 Å². The number of halogens is 3. The van der Waals surface area contributed by atoms with Gasteiger partial charge in [0.05, 0.1) is 0 Å². The zero-order chi connectivity index (χ0) is 21.3. The minimum atomic E-state index is -5.97. The Morgan fingerprint density at radius 1 is 1.21 bits per heavy atom. The number of nitrogens with zero attached hydrogens (tertiary/aromatic N) is 3. The molecule has 0 bridgehead atoms. The summed E-state index contributed by atoms with van der Waals surface area (Å²) in [5.41, 5.74) is -6.01. The number of amides is 1. The molecule has 0 radical (unpaired) electrons. The van der Waals surface area contributed by atoms with E-state index in [1.54, 1.807) is 33.8 Å². The zero-order valence-corrected chi connectivity index (χ0v) is 16.1. The van der Waals surface area contributed by atoms with E-state index < -0.39 is 33.2 Å². The molecule has 0 aliphatic carbocycles. The summed E-state index contributed by atoms with van der Waals surface area (Å²) in [4.78, 5) is 15.9. The van der Waals surface area contributed by atoms with Crippen molar-refractivity contribution in [2.24, 2.45) is 0 Å². The van der Waals surface area contributed by atoms with Crippen LogP contribution in [0, 0.1) is 6.92 Å². The minimum absolute atomic E-state index is 0.0235. The zero-order valence-electron chi connectivity index (χ0n) is 15.2. The van der Waals surface area contributed by atoms with Crippen LogP contribution in [0.1, 0.15) is 26.5 Å². The Balaban J connectivity index is 2.44. The van der Waals surface area contributed by atoms with Crippen LogP contribution < -0.4 is 9.50 Å². The first kappa shape index (κ1) is 21.5. The minimum Gasteiger partial charge on any atom is -0.444 e. The first-order valence-electron chi connectivity index (χ1n) is 7.73. The van der Waals surface area contributed by atoms with Gasteiger partial charge in [0, 0.05) is 11.8 Å². The number of aryl methyl sites for hydroxylation is 1. The molecular weight excluding hydrogens is 405 g/mol. The average Bonchev–Trinajstić information content (AvgIpc) is 2.85. The molecule has 2 heterocycles. The Bertz CT molecular complexity index is 980. The number of nitrogens with one attached hydrogen (secondary N) is 1. The maximum absolute atomic E-state index is 12.7. The predicted molar refractivity (Wildman–Crippen MR) is 91.6 cm³/mol. The molecule has 1 amide bonds. The fourth-order valence-electron chi connectivity index (χ4n) is 1.86. The summed E-state index contributed by atoms with van der Waals surface area (Å²) in [5, 5.41) is 6.03. The first-order chi connectivity index (χ1) is 12.7. The SMILES string of the molecule is Cc1cccc(-n2nc(NC(=O)OC(C)(C)C)cc2OS(=O)(=O)C(F)(F)F)n1. The van der Waals surface area contributed by atoms with Gasteiger partial charge in [-0.25, -0.2) is 9.78 Å².